The molecule has 1 atom stereocenters. The Hall–Kier alpha value is -3.97. The van der Waals surface area contributed by atoms with Crippen LogP contribution < -0.4 is 16.0 Å². The van der Waals surface area contributed by atoms with Gasteiger partial charge in [-0.1, -0.05) is 23.7 Å². The number of halogens is 2. The first kappa shape index (κ1) is 25.3. The molecular formula is C22H21ClFN5O4. The molecule has 0 saturated carbocycles. The Balaban J connectivity index is 2.06. The van der Waals surface area contributed by atoms with Crippen molar-refractivity contribution in [3.05, 3.63) is 64.2 Å². The first-order valence-corrected chi connectivity index (χ1v) is 10.1. The molecule has 1 unspecified atom stereocenters. The number of carbonyl (C=O) groups excluding carboxylic acids is 3. The van der Waals surface area contributed by atoms with E-state index >= 15 is 0 Å². The van der Waals surface area contributed by atoms with Crippen molar-refractivity contribution in [2.45, 2.75) is 26.3 Å². The SMILES string of the molecule is CC(=Nc1cccc(C(=O)NCC(=O)NC(CC(=O)OF)c2cc(C)cc(Cl)c2)c1)NC#N. The molecule has 2 aromatic rings. The molecule has 0 spiro atoms. The van der Waals surface area contributed by atoms with E-state index < -0.39 is 36.8 Å². The van der Waals surface area contributed by atoms with Gasteiger partial charge in [0.25, 0.3) is 5.91 Å². The third-order valence-electron chi connectivity index (χ3n) is 4.31. The molecule has 0 saturated heterocycles. The van der Waals surface area contributed by atoms with Gasteiger partial charge in [0.2, 0.25) is 5.91 Å². The van der Waals surface area contributed by atoms with Gasteiger partial charge in [-0.2, -0.15) is 5.26 Å². The summed E-state index contributed by atoms with van der Waals surface area (Å²) in [5.74, 6) is -1.96. The van der Waals surface area contributed by atoms with Gasteiger partial charge in [-0.15, -0.1) is 0 Å². The average Bonchev–Trinajstić information content (AvgIpc) is 2.76. The summed E-state index contributed by atoms with van der Waals surface area (Å²) in [5, 5.41) is 16.4. The Morgan fingerprint density at radius 1 is 1.24 bits per heavy atom. The van der Waals surface area contributed by atoms with Crippen LogP contribution in [0.4, 0.5) is 10.2 Å². The van der Waals surface area contributed by atoms with E-state index in [-0.39, 0.29) is 5.56 Å². The summed E-state index contributed by atoms with van der Waals surface area (Å²) in [6.07, 6.45) is 1.28. The lowest BCUT2D eigenvalue weighted by atomic mass is 10.0. The monoisotopic (exact) mass is 473 g/mol. The van der Waals surface area contributed by atoms with Gasteiger partial charge in [-0.25, -0.2) is 9.79 Å². The molecule has 0 aromatic heterocycles. The van der Waals surface area contributed by atoms with E-state index in [4.69, 9.17) is 16.9 Å². The van der Waals surface area contributed by atoms with E-state index in [9.17, 15) is 18.9 Å². The van der Waals surface area contributed by atoms with E-state index in [2.05, 4.69) is 25.9 Å². The van der Waals surface area contributed by atoms with Gasteiger partial charge < -0.3 is 10.6 Å². The molecule has 9 nitrogen and oxygen atoms in total. The van der Waals surface area contributed by atoms with Gasteiger partial charge in [0, 0.05) is 15.1 Å². The number of amidine groups is 1. The lowest BCUT2D eigenvalue weighted by Crippen LogP contribution is -2.39. The Kier molecular flexibility index (Phi) is 9.32. The van der Waals surface area contributed by atoms with E-state index in [0.29, 0.717) is 22.1 Å². The van der Waals surface area contributed by atoms with Crippen molar-refractivity contribution in [1.82, 2.24) is 16.0 Å². The highest BCUT2D eigenvalue weighted by Crippen LogP contribution is 2.23. The van der Waals surface area contributed by atoms with Crippen LogP contribution in [-0.2, 0) is 14.5 Å². The molecule has 0 aliphatic carbocycles. The van der Waals surface area contributed by atoms with Crippen LogP contribution in [-0.4, -0.2) is 30.2 Å². The van der Waals surface area contributed by atoms with Crippen LogP contribution in [0.1, 0.15) is 40.9 Å². The zero-order valence-electron chi connectivity index (χ0n) is 17.8. The van der Waals surface area contributed by atoms with E-state index in [1.165, 1.54) is 12.1 Å². The zero-order valence-corrected chi connectivity index (χ0v) is 18.6. The molecule has 0 aliphatic heterocycles. The Morgan fingerprint density at radius 3 is 2.67 bits per heavy atom. The third-order valence-corrected chi connectivity index (χ3v) is 4.53. The predicted molar refractivity (Wildman–Crippen MR) is 119 cm³/mol. The number of hydrogen-bond acceptors (Lipinski definition) is 6. The molecule has 0 bridgehead atoms. The van der Waals surface area contributed by atoms with Crippen molar-refractivity contribution >= 4 is 40.9 Å². The van der Waals surface area contributed by atoms with Gasteiger partial charge in [-0.3, -0.25) is 19.8 Å². The number of amides is 2. The quantitative estimate of drug-likeness (QED) is 0.233. The topological polar surface area (TPSA) is 133 Å². The Labute approximate surface area is 194 Å². The number of rotatable bonds is 8. The van der Waals surface area contributed by atoms with Gasteiger partial charge in [0.1, 0.15) is 5.84 Å². The zero-order chi connectivity index (χ0) is 24.4. The van der Waals surface area contributed by atoms with E-state index in [1.54, 1.807) is 50.4 Å². The van der Waals surface area contributed by atoms with Crippen molar-refractivity contribution in [2.75, 3.05) is 6.54 Å². The first-order chi connectivity index (χ1) is 15.7. The molecule has 3 N–H and O–H groups in total. The van der Waals surface area contributed by atoms with Crippen LogP contribution >= 0.6 is 11.6 Å². The van der Waals surface area contributed by atoms with Crippen LogP contribution in [0.15, 0.2) is 47.5 Å². The minimum absolute atomic E-state index is 0.247. The molecule has 11 heteroatoms. The molecule has 0 heterocycles. The van der Waals surface area contributed by atoms with E-state index in [1.807, 2.05) is 0 Å². The molecule has 33 heavy (non-hydrogen) atoms. The van der Waals surface area contributed by atoms with Gasteiger partial charge >= 0.3 is 5.97 Å². The molecule has 2 rings (SSSR count). The number of nitriles is 1. The average molecular weight is 474 g/mol. The number of aryl methyl sites for hydroxylation is 1. The largest absolute Gasteiger partial charge is 0.351 e. The second-order valence-corrected chi connectivity index (χ2v) is 7.44. The van der Waals surface area contributed by atoms with Crippen molar-refractivity contribution in [3.8, 4) is 6.19 Å². The third kappa shape index (κ3) is 8.23. The van der Waals surface area contributed by atoms with Crippen LogP contribution in [0, 0.1) is 18.4 Å². The maximum Gasteiger partial charge on any atom is 0.351 e. The van der Waals surface area contributed by atoms with Crippen LogP contribution in [0.2, 0.25) is 5.02 Å². The summed E-state index contributed by atoms with van der Waals surface area (Å²) in [7, 11) is 0. The molecule has 2 amide bonds. The maximum atomic E-state index is 12.4. The first-order valence-electron chi connectivity index (χ1n) is 9.68. The summed E-state index contributed by atoms with van der Waals surface area (Å²) in [4.78, 5) is 43.7. The van der Waals surface area contributed by atoms with Crippen molar-refractivity contribution in [1.29, 1.82) is 5.26 Å². The predicted octanol–water partition coefficient (Wildman–Crippen LogP) is 3.17. The highest BCUT2D eigenvalue weighted by molar-refractivity contribution is 6.30. The molecule has 0 fully saturated rings. The second-order valence-electron chi connectivity index (χ2n) is 7.00. The Morgan fingerprint density at radius 2 is 2.00 bits per heavy atom. The highest BCUT2D eigenvalue weighted by atomic mass is 35.5. The fourth-order valence-corrected chi connectivity index (χ4v) is 3.24. The molecule has 0 aliphatic rings. The molecular weight excluding hydrogens is 453 g/mol. The highest BCUT2D eigenvalue weighted by Gasteiger charge is 2.21. The standard InChI is InChI=1S/C22H21ClFN5O4/c1-13-6-16(8-17(23)7-13)19(10-21(31)33-24)29-20(30)11-26-22(32)15-4-3-5-18(9-15)28-14(2)27-12-25/h3-9,19H,10-11H2,1-2H3,(H,26,32)(H,27,28)(H,29,30). The summed E-state index contributed by atoms with van der Waals surface area (Å²) >= 11 is 6.04. The molecule has 2 aromatic carbocycles. The number of hydrogen-bond donors (Lipinski definition) is 3. The number of nitrogens with one attached hydrogen (secondary N) is 3. The van der Waals surface area contributed by atoms with E-state index in [0.717, 1.165) is 5.56 Å². The number of benzene rings is 2. The summed E-state index contributed by atoms with van der Waals surface area (Å²) < 4.78 is 12.3. The van der Waals surface area contributed by atoms with Crippen molar-refractivity contribution < 1.29 is 23.9 Å². The number of aliphatic imine (C=N–C) groups is 1. The van der Waals surface area contributed by atoms with Crippen LogP contribution in [0.5, 0.6) is 0 Å². The van der Waals surface area contributed by atoms with Crippen molar-refractivity contribution in [2.24, 2.45) is 4.99 Å². The smallest absolute Gasteiger partial charge is 0.347 e. The maximum absolute atomic E-state index is 12.4. The minimum Gasteiger partial charge on any atom is -0.347 e. The van der Waals surface area contributed by atoms with Gasteiger partial charge in [0.05, 0.1) is 24.7 Å². The summed E-state index contributed by atoms with van der Waals surface area (Å²) in [6.45, 7) is 2.97. The van der Waals surface area contributed by atoms with Gasteiger partial charge in [-0.05, 0) is 55.3 Å². The summed E-state index contributed by atoms with van der Waals surface area (Å²) in [5.41, 5.74) is 1.95. The fourth-order valence-electron chi connectivity index (χ4n) is 2.94. The number of carbonyl (C=O) groups is 3. The molecule has 0 radical (unpaired) electrons. The van der Waals surface area contributed by atoms with Gasteiger partial charge in [0.15, 0.2) is 6.19 Å². The lowest BCUT2D eigenvalue weighted by molar-refractivity contribution is -0.184. The minimum atomic E-state index is -1.17. The second kappa shape index (κ2) is 12.2. The summed E-state index contributed by atoms with van der Waals surface area (Å²) in [6, 6.07) is 10.3. The normalized spacial score (nSPS) is 11.7. The fraction of sp³-hybridized carbons (Fsp3) is 0.227. The van der Waals surface area contributed by atoms with Crippen molar-refractivity contribution in [3.63, 3.8) is 0 Å². The molecule has 172 valence electrons. The van der Waals surface area contributed by atoms with Crippen LogP contribution in [0.25, 0.3) is 0 Å². The van der Waals surface area contributed by atoms with Crippen LogP contribution in [0.3, 0.4) is 0 Å². The lowest BCUT2D eigenvalue weighted by Gasteiger charge is -2.19. The number of nitrogens with zero attached hydrogens (tertiary/aromatic N) is 2. The Bertz CT molecular complexity index is 1100.